The molecule has 0 aromatic heterocycles. The van der Waals surface area contributed by atoms with Crippen molar-refractivity contribution in [3.8, 4) is 0 Å². The summed E-state index contributed by atoms with van der Waals surface area (Å²) in [7, 11) is 0. The van der Waals surface area contributed by atoms with Gasteiger partial charge in [0.1, 0.15) is 0 Å². The van der Waals surface area contributed by atoms with Gasteiger partial charge in [0.15, 0.2) is 0 Å². The van der Waals surface area contributed by atoms with Gasteiger partial charge in [-0.15, -0.1) is 0 Å². The number of allylic oxidation sites excluding steroid dienone is 2. The van der Waals surface area contributed by atoms with E-state index in [2.05, 4.69) is 63.4 Å². The first-order valence-corrected chi connectivity index (χ1v) is 5.46. The fourth-order valence-corrected chi connectivity index (χ4v) is 1.98. The summed E-state index contributed by atoms with van der Waals surface area (Å²) in [4.78, 5) is 2.28. The van der Waals surface area contributed by atoms with Crippen molar-refractivity contribution < 1.29 is 0 Å². The molecule has 0 aliphatic carbocycles. The third kappa shape index (κ3) is 2.48. The molecule has 1 nitrogen and oxygen atoms in total. The van der Waals surface area contributed by atoms with E-state index < -0.39 is 0 Å². The first-order chi connectivity index (χ1) is 6.84. The number of benzene rings is 1. The summed E-state index contributed by atoms with van der Waals surface area (Å²) in [6, 6.07) is 10.5. The lowest BCUT2D eigenvalue weighted by atomic mass is 10.2. The molecule has 0 N–H and O–H groups in total. The van der Waals surface area contributed by atoms with E-state index in [4.69, 9.17) is 0 Å². The lowest BCUT2D eigenvalue weighted by Crippen LogP contribution is -2.18. The van der Waals surface area contributed by atoms with Gasteiger partial charge < -0.3 is 4.90 Å². The van der Waals surface area contributed by atoms with Crippen molar-refractivity contribution in [1.82, 2.24) is 4.90 Å². The quantitative estimate of drug-likeness (QED) is 0.778. The van der Waals surface area contributed by atoms with Gasteiger partial charge in [-0.05, 0) is 27.6 Å². The van der Waals surface area contributed by atoms with E-state index in [1.807, 2.05) is 6.07 Å². The number of hydrogen-bond acceptors (Lipinski definition) is 1. The zero-order valence-electron chi connectivity index (χ0n) is 7.86. The summed E-state index contributed by atoms with van der Waals surface area (Å²) < 4.78 is 1.14. The molecule has 0 amide bonds. The van der Waals surface area contributed by atoms with Gasteiger partial charge in [-0.25, -0.2) is 0 Å². The average molecular weight is 250 g/mol. The monoisotopic (exact) mass is 249 g/mol. The largest absolute Gasteiger partial charge is 0.368 e. The zero-order valence-corrected chi connectivity index (χ0v) is 9.44. The highest BCUT2D eigenvalue weighted by Gasteiger charge is 2.03. The SMILES string of the molecule is BrC1=CN(Cc2ccccc2)CC=C1. The van der Waals surface area contributed by atoms with Gasteiger partial charge in [0.05, 0.1) is 0 Å². The van der Waals surface area contributed by atoms with Gasteiger partial charge in [-0.2, -0.15) is 0 Å². The Kier molecular flexibility index (Phi) is 3.04. The number of rotatable bonds is 2. The predicted octanol–water partition coefficient (Wildman–Crippen LogP) is 3.29. The summed E-state index contributed by atoms with van der Waals surface area (Å²) in [5.41, 5.74) is 1.35. The van der Waals surface area contributed by atoms with Crippen LogP contribution in [-0.2, 0) is 6.54 Å². The molecule has 1 aliphatic heterocycles. The molecule has 0 radical (unpaired) electrons. The molecule has 72 valence electrons. The van der Waals surface area contributed by atoms with Crippen LogP contribution in [0.5, 0.6) is 0 Å². The van der Waals surface area contributed by atoms with E-state index >= 15 is 0 Å². The molecule has 0 atom stereocenters. The molecule has 2 rings (SSSR count). The molecule has 0 saturated carbocycles. The normalized spacial score (nSPS) is 15.5. The van der Waals surface area contributed by atoms with Crippen LogP contribution in [0.15, 0.2) is 53.2 Å². The molecule has 0 unspecified atom stereocenters. The van der Waals surface area contributed by atoms with Gasteiger partial charge in [-0.1, -0.05) is 36.4 Å². The maximum atomic E-state index is 3.47. The van der Waals surface area contributed by atoms with Gasteiger partial charge >= 0.3 is 0 Å². The maximum Gasteiger partial charge on any atom is 0.0427 e. The molecule has 0 spiro atoms. The summed E-state index contributed by atoms with van der Waals surface area (Å²) in [6.07, 6.45) is 6.38. The Balaban J connectivity index is 2.03. The lowest BCUT2D eigenvalue weighted by molar-refractivity contribution is 0.405. The van der Waals surface area contributed by atoms with E-state index in [1.54, 1.807) is 0 Å². The summed E-state index contributed by atoms with van der Waals surface area (Å²) in [6.45, 7) is 1.96. The van der Waals surface area contributed by atoms with Crippen molar-refractivity contribution in [1.29, 1.82) is 0 Å². The van der Waals surface area contributed by atoms with Crippen molar-refractivity contribution in [2.45, 2.75) is 6.54 Å². The fourth-order valence-electron chi connectivity index (χ4n) is 1.50. The topological polar surface area (TPSA) is 3.24 Å². The molecule has 1 aromatic rings. The minimum atomic E-state index is 0.972. The van der Waals surface area contributed by atoms with Crippen molar-refractivity contribution in [3.63, 3.8) is 0 Å². The Hall–Kier alpha value is -1.02. The molecule has 0 saturated heterocycles. The third-order valence-corrected chi connectivity index (χ3v) is 2.62. The number of halogens is 1. The molecule has 0 fully saturated rings. The Bertz CT molecular complexity index is 354. The lowest BCUT2D eigenvalue weighted by Gasteiger charge is -2.21. The van der Waals surface area contributed by atoms with Crippen LogP contribution in [0.2, 0.25) is 0 Å². The predicted molar refractivity (Wildman–Crippen MR) is 63.0 cm³/mol. The standard InChI is InChI=1S/C12H12BrN/c13-12-7-4-8-14(10-12)9-11-5-2-1-3-6-11/h1-7,10H,8-9H2. The van der Waals surface area contributed by atoms with Crippen LogP contribution in [0, 0.1) is 0 Å². The van der Waals surface area contributed by atoms with Crippen LogP contribution in [0.3, 0.4) is 0 Å². The second kappa shape index (κ2) is 4.47. The molecule has 14 heavy (non-hydrogen) atoms. The maximum absolute atomic E-state index is 3.47. The van der Waals surface area contributed by atoms with Crippen LogP contribution >= 0.6 is 15.9 Å². The summed E-state index contributed by atoms with van der Waals surface area (Å²) >= 11 is 3.47. The van der Waals surface area contributed by atoms with Gasteiger partial charge in [0.25, 0.3) is 0 Å². The van der Waals surface area contributed by atoms with Crippen molar-refractivity contribution in [2.24, 2.45) is 0 Å². The third-order valence-electron chi connectivity index (χ3n) is 2.15. The van der Waals surface area contributed by atoms with Gasteiger partial charge in [0, 0.05) is 23.8 Å². The summed E-state index contributed by atoms with van der Waals surface area (Å²) in [5, 5.41) is 0. The van der Waals surface area contributed by atoms with E-state index in [-0.39, 0.29) is 0 Å². The minimum Gasteiger partial charge on any atom is -0.368 e. The fraction of sp³-hybridized carbons (Fsp3) is 0.167. The van der Waals surface area contributed by atoms with Crippen LogP contribution in [0.25, 0.3) is 0 Å². The zero-order chi connectivity index (χ0) is 9.80. The number of nitrogens with zero attached hydrogens (tertiary/aromatic N) is 1. The summed E-state index contributed by atoms with van der Waals surface area (Å²) in [5.74, 6) is 0. The Morgan fingerprint density at radius 2 is 2.00 bits per heavy atom. The van der Waals surface area contributed by atoms with Crippen LogP contribution < -0.4 is 0 Å². The first kappa shape index (κ1) is 9.53. The van der Waals surface area contributed by atoms with E-state index in [1.165, 1.54) is 5.56 Å². The Morgan fingerprint density at radius 1 is 1.21 bits per heavy atom. The van der Waals surface area contributed by atoms with E-state index in [0.29, 0.717) is 0 Å². The Labute approximate surface area is 92.9 Å². The molecular weight excluding hydrogens is 238 g/mol. The van der Waals surface area contributed by atoms with E-state index in [9.17, 15) is 0 Å². The van der Waals surface area contributed by atoms with Gasteiger partial charge in [-0.3, -0.25) is 0 Å². The molecule has 1 heterocycles. The minimum absolute atomic E-state index is 0.972. The van der Waals surface area contributed by atoms with Crippen molar-refractivity contribution >= 4 is 15.9 Å². The smallest absolute Gasteiger partial charge is 0.0427 e. The van der Waals surface area contributed by atoms with Crippen LogP contribution in [0.4, 0.5) is 0 Å². The molecular formula is C12H12BrN. The Morgan fingerprint density at radius 3 is 2.71 bits per heavy atom. The highest BCUT2D eigenvalue weighted by molar-refractivity contribution is 9.11. The van der Waals surface area contributed by atoms with Crippen molar-refractivity contribution in [3.05, 3.63) is 58.7 Å². The highest BCUT2D eigenvalue weighted by Crippen LogP contribution is 2.15. The second-order valence-corrected chi connectivity index (χ2v) is 4.25. The van der Waals surface area contributed by atoms with E-state index in [0.717, 1.165) is 17.6 Å². The molecule has 0 bridgehead atoms. The highest BCUT2D eigenvalue weighted by atomic mass is 79.9. The molecule has 2 heteroatoms. The van der Waals surface area contributed by atoms with Crippen LogP contribution in [-0.4, -0.2) is 11.4 Å². The second-order valence-electron chi connectivity index (χ2n) is 3.33. The molecule has 1 aromatic carbocycles. The first-order valence-electron chi connectivity index (χ1n) is 4.66. The van der Waals surface area contributed by atoms with Crippen molar-refractivity contribution in [2.75, 3.05) is 6.54 Å². The van der Waals surface area contributed by atoms with Gasteiger partial charge in [0.2, 0.25) is 0 Å². The average Bonchev–Trinajstić information content (AvgIpc) is 2.19. The van der Waals surface area contributed by atoms with Crippen LogP contribution in [0.1, 0.15) is 5.56 Å². The molecule has 1 aliphatic rings. The number of hydrogen-bond donors (Lipinski definition) is 0.